The molecule has 1 saturated heterocycles. The molecule has 0 spiro atoms. The molecule has 2 nitrogen and oxygen atoms in total. The number of benzene rings is 1. The van der Waals surface area contributed by atoms with E-state index < -0.39 is 0 Å². The highest BCUT2D eigenvalue weighted by Gasteiger charge is 2.42. The summed E-state index contributed by atoms with van der Waals surface area (Å²) in [7, 11) is 0. The maximum atomic E-state index is 5.79. The molecule has 96 valence electrons. The molecule has 3 heteroatoms. The van der Waals surface area contributed by atoms with Gasteiger partial charge in [-0.15, -0.1) is 11.3 Å². The van der Waals surface area contributed by atoms with Crippen LogP contribution in [0.15, 0.2) is 29.6 Å². The van der Waals surface area contributed by atoms with Crippen molar-refractivity contribution >= 4 is 21.4 Å². The Kier molecular flexibility index (Phi) is 3.14. The molecule has 3 rings (SSSR count). The standard InChI is InChI=1S/C15H19NOS/c1-11(7-16)6-15(9-17-10-15)13-8-18-14-5-3-2-4-12(13)14/h2-5,8,11H,6-7,9-10,16H2,1H3. The summed E-state index contributed by atoms with van der Waals surface area (Å²) in [5, 5.41) is 3.71. The van der Waals surface area contributed by atoms with Crippen molar-refractivity contribution in [1.82, 2.24) is 0 Å². The van der Waals surface area contributed by atoms with Crippen LogP contribution >= 0.6 is 11.3 Å². The summed E-state index contributed by atoms with van der Waals surface area (Å²) in [6.07, 6.45) is 1.13. The molecule has 1 unspecified atom stereocenters. The molecule has 1 aliphatic heterocycles. The van der Waals surface area contributed by atoms with Gasteiger partial charge in [0.25, 0.3) is 0 Å². The first-order chi connectivity index (χ1) is 8.75. The topological polar surface area (TPSA) is 35.2 Å². The molecule has 0 aliphatic carbocycles. The maximum absolute atomic E-state index is 5.79. The minimum absolute atomic E-state index is 0.207. The number of thiophene rings is 1. The van der Waals surface area contributed by atoms with Crippen molar-refractivity contribution < 1.29 is 4.74 Å². The fourth-order valence-electron chi connectivity index (χ4n) is 2.87. The fraction of sp³-hybridized carbons (Fsp3) is 0.467. The van der Waals surface area contributed by atoms with Gasteiger partial charge in [-0.1, -0.05) is 25.1 Å². The quantitative estimate of drug-likeness (QED) is 0.917. The van der Waals surface area contributed by atoms with Crippen LogP contribution in [0.4, 0.5) is 0 Å². The molecule has 0 saturated carbocycles. The van der Waals surface area contributed by atoms with Gasteiger partial charge in [0.05, 0.1) is 13.2 Å². The van der Waals surface area contributed by atoms with Gasteiger partial charge >= 0.3 is 0 Å². The van der Waals surface area contributed by atoms with Crippen LogP contribution in [-0.4, -0.2) is 19.8 Å². The molecule has 1 aromatic heterocycles. The van der Waals surface area contributed by atoms with Crippen LogP contribution in [0.3, 0.4) is 0 Å². The van der Waals surface area contributed by atoms with Gasteiger partial charge < -0.3 is 10.5 Å². The summed E-state index contributed by atoms with van der Waals surface area (Å²) in [4.78, 5) is 0. The van der Waals surface area contributed by atoms with E-state index in [-0.39, 0.29) is 5.41 Å². The van der Waals surface area contributed by atoms with E-state index in [0.717, 1.165) is 26.2 Å². The van der Waals surface area contributed by atoms with Crippen molar-refractivity contribution in [3.63, 3.8) is 0 Å². The number of hydrogen-bond donors (Lipinski definition) is 1. The minimum atomic E-state index is 0.207. The molecule has 1 atom stereocenters. The van der Waals surface area contributed by atoms with Crippen LogP contribution in [0.5, 0.6) is 0 Å². The number of fused-ring (bicyclic) bond motifs is 1. The lowest BCUT2D eigenvalue weighted by Crippen LogP contribution is -2.48. The van der Waals surface area contributed by atoms with Crippen LogP contribution in [0.2, 0.25) is 0 Å². The van der Waals surface area contributed by atoms with Crippen molar-refractivity contribution in [2.45, 2.75) is 18.8 Å². The number of nitrogens with two attached hydrogens (primary N) is 1. The molecule has 0 bridgehead atoms. The molecule has 1 aliphatic rings. The van der Waals surface area contributed by atoms with Gasteiger partial charge in [0, 0.05) is 10.1 Å². The third kappa shape index (κ3) is 1.87. The van der Waals surface area contributed by atoms with Gasteiger partial charge in [-0.05, 0) is 41.3 Å². The normalized spacial score (nSPS) is 19.7. The van der Waals surface area contributed by atoms with Crippen LogP contribution in [-0.2, 0) is 10.2 Å². The molecule has 18 heavy (non-hydrogen) atoms. The lowest BCUT2D eigenvalue weighted by molar-refractivity contribution is -0.0692. The van der Waals surface area contributed by atoms with Crippen molar-refractivity contribution in [2.24, 2.45) is 11.7 Å². The van der Waals surface area contributed by atoms with Gasteiger partial charge in [0.1, 0.15) is 0 Å². The van der Waals surface area contributed by atoms with Crippen molar-refractivity contribution in [3.05, 3.63) is 35.2 Å². The lowest BCUT2D eigenvalue weighted by Gasteiger charge is -2.43. The Morgan fingerprint density at radius 2 is 2.17 bits per heavy atom. The Morgan fingerprint density at radius 1 is 1.39 bits per heavy atom. The van der Waals surface area contributed by atoms with Gasteiger partial charge in [-0.3, -0.25) is 0 Å². The van der Waals surface area contributed by atoms with Crippen LogP contribution in [0.1, 0.15) is 18.9 Å². The van der Waals surface area contributed by atoms with E-state index in [4.69, 9.17) is 10.5 Å². The van der Waals surface area contributed by atoms with Crippen LogP contribution in [0, 0.1) is 5.92 Å². The summed E-state index contributed by atoms with van der Waals surface area (Å²) in [6.45, 7) is 4.68. The summed E-state index contributed by atoms with van der Waals surface area (Å²) < 4.78 is 6.89. The molecule has 0 amide bonds. The third-order valence-electron chi connectivity index (χ3n) is 3.95. The highest BCUT2D eigenvalue weighted by molar-refractivity contribution is 7.17. The smallest absolute Gasteiger partial charge is 0.0586 e. The minimum Gasteiger partial charge on any atom is -0.379 e. The summed E-state index contributed by atoms with van der Waals surface area (Å²) >= 11 is 1.84. The van der Waals surface area contributed by atoms with Crippen LogP contribution < -0.4 is 5.73 Å². The number of rotatable bonds is 4. The molecular weight excluding hydrogens is 242 g/mol. The molecule has 0 radical (unpaired) electrons. The zero-order chi connectivity index (χ0) is 12.6. The Bertz CT molecular complexity index is 544. The average molecular weight is 261 g/mol. The van der Waals surface area contributed by atoms with Crippen molar-refractivity contribution in [1.29, 1.82) is 0 Å². The Morgan fingerprint density at radius 3 is 2.83 bits per heavy atom. The second-order valence-corrected chi connectivity index (χ2v) is 6.37. The van der Waals surface area contributed by atoms with Gasteiger partial charge in [-0.25, -0.2) is 0 Å². The first-order valence-electron chi connectivity index (χ1n) is 6.50. The Balaban J connectivity index is 2.01. The molecule has 1 fully saturated rings. The SMILES string of the molecule is CC(CN)CC1(c2csc3ccccc23)COC1. The third-order valence-corrected chi connectivity index (χ3v) is 4.91. The van der Waals surface area contributed by atoms with E-state index >= 15 is 0 Å². The predicted molar refractivity (Wildman–Crippen MR) is 77.2 cm³/mol. The maximum Gasteiger partial charge on any atom is 0.0586 e. The predicted octanol–water partition coefficient (Wildman–Crippen LogP) is 3.15. The zero-order valence-corrected chi connectivity index (χ0v) is 11.5. The van der Waals surface area contributed by atoms with E-state index in [1.807, 2.05) is 11.3 Å². The van der Waals surface area contributed by atoms with Gasteiger partial charge in [0.2, 0.25) is 0 Å². The van der Waals surface area contributed by atoms with E-state index in [1.165, 1.54) is 15.6 Å². The van der Waals surface area contributed by atoms with Gasteiger partial charge in [0.15, 0.2) is 0 Å². The first kappa shape index (κ1) is 12.2. The zero-order valence-electron chi connectivity index (χ0n) is 10.7. The second kappa shape index (κ2) is 4.65. The Hall–Kier alpha value is -0.900. The van der Waals surface area contributed by atoms with E-state index in [1.54, 1.807) is 0 Å². The van der Waals surface area contributed by atoms with E-state index in [9.17, 15) is 0 Å². The monoisotopic (exact) mass is 261 g/mol. The lowest BCUT2D eigenvalue weighted by atomic mass is 9.72. The summed E-state index contributed by atoms with van der Waals surface area (Å²) in [5.41, 5.74) is 7.46. The molecule has 2 aromatic rings. The summed E-state index contributed by atoms with van der Waals surface area (Å²) in [6, 6.07) is 8.66. The number of hydrogen-bond acceptors (Lipinski definition) is 3. The molecule has 2 N–H and O–H groups in total. The highest BCUT2D eigenvalue weighted by Crippen LogP contribution is 2.43. The first-order valence-corrected chi connectivity index (χ1v) is 7.38. The molecular formula is C15H19NOS. The van der Waals surface area contributed by atoms with Crippen LogP contribution in [0.25, 0.3) is 10.1 Å². The van der Waals surface area contributed by atoms with E-state index in [2.05, 4.69) is 36.6 Å². The Labute approximate surface area is 112 Å². The fourth-order valence-corrected chi connectivity index (χ4v) is 3.95. The summed E-state index contributed by atoms with van der Waals surface area (Å²) in [5.74, 6) is 0.549. The second-order valence-electron chi connectivity index (χ2n) is 5.46. The van der Waals surface area contributed by atoms with Crippen molar-refractivity contribution in [2.75, 3.05) is 19.8 Å². The average Bonchev–Trinajstić information content (AvgIpc) is 2.78. The van der Waals surface area contributed by atoms with Crippen molar-refractivity contribution in [3.8, 4) is 0 Å². The largest absolute Gasteiger partial charge is 0.379 e. The number of ether oxygens (including phenoxy) is 1. The highest BCUT2D eigenvalue weighted by atomic mass is 32.1. The molecule has 1 aromatic carbocycles. The van der Waals surface area contributed by atoms with Gasteiger partial charge in [-0.2, -0.15) is 0 Å². The molecule has 2 heterocycles. The van der Waals surface area contributed by atoms with E-state index in [0.29, 0.717) is 5.92 Å².